The minimum absolute atomic E-state index is 0.0177. The van der Waals surface area contributed by atoms with Gasteiger partial charge in [0.15, 0.2) is 5.43 Å². The van der Waals surface area contributed by atoms with Crippen LogP contribution >= 0.6 is 0 Å². The van der Waals surface area contributed by atoms with Gasteiger partial charge < -0.3 is 14.1 Å². The van der Waals surface area contributed by atoms with Gasteiger partial charge in [0.1, 0.15) is 11.4 Å². The van der Waals surface area contributed by atoms with Crippen LogP contribution in [0.5, 0.6) is 0 Å². The fraction of sp³-hybridized carbons (Fsp3) is 0.312. The average molecular weight is 595 g/mol. The van der Waals surface area contributed by atoms with Crippen molar-refractivity contribution in [2.45, 2.75) is 44.2 Å². The molecule has 42 heavy (non-hydrogen) atoms. The highest BCUT2D eigenvalue weighted by Gasteiger charge is 2.29. The maximum absolute atomic E-state index is 13.8. The van der Waals surface area contributed by atoms with Crippen molar-refractivity contribution in [1.82, 2.24) is 9.21 Å². The number of benzene rings is 3. The zero-order chi connectivity index (χ0) is 30.5. The van der Waals surface area contributed by atoms with E-state index in [0.29, 0.717) is 16.5 Å². The molecule has 3 aromatic carbocycles. The average Bonchev–Trinajstić information content (AvgIpc) is 2.96. The van der Waals surface area contributed by atoms with E-state index in [1.807, 2.05) is 20.8 Å². The fourth-order valence-corrected chi connectivity index (χ4v) is 5.85. The Hall–Kier alpha value is -3.86. The van der Waals surface area contributed by atoms with Crippen LogP contribution in [-0.2, 0) is 38.1 Å². The van der Waals surface area contributed by atoms with Crippen LogP contribution in [0.25, 0.3) is 11.0 Å². The number of carbonyl (C=O) groups excluding carboxylic acids is 1. The second-order valence-electron chi connectivity index (χ2n) is 11.1. The highest BCUT2D eigenvalue weighted by molar-refractivity contribution is 7.89. The van der Waals surface area contributed by atoms with E-state index in [1.165, 1.54) is 54.7 Å². The molecule has 0 bridgehead atoms. The van der Waals surface area contributed by atoms with Gasteiger partial charge in [-0.25, -0.2) is 12.8 Å². The summed E-state index contributed by atoms with van der Waals surface area (Å²) in [6.45, 7) is 5.50. The lowest BCUT2D eigenvalue weighted by molar-refractivity contribution is -0.132. The molecule has 4 aromatic rings. The Balaban J connectivity index is 1.66. The quantitative estimate of drug-likeness (QED) is 0.240. The van der Waals surface area contributed by atoms with Crippen LogP contribution < -0.4 is 5.43 Å². The maximum Gasteiger partial charge on any atom is 0.243 e. The lowest BCUT2D eigenvalue weighted by Crippen LogP contribution is -2.44. The molecule has 0 atom stereocenters. The molecular weight excluding hydrogens is 559 g/mol. The molecule has 0 aliphatic carbocycles. The molecular formula is C32H35FN2O6S. The Morgan fingerprint density at radius 1 is 0.952 bits per heavy atom. The first kappa shape index (κ1) is 31.1. The monoisotopic (exact) mass is 594 g/mol. The van der Waals surface area contributed by atoms with Gasteiger partial charge >= 0.3 is 0 Å². The number of hydrogen-bond donors (Lipinski definition) is 0. The Morgan fingerprint density at radius 3 is 2.26 bits per heavy atom. The lowest BCUT2D eigenvalue weighted by Gasteiger charge is -2.27. The number of halogens is 1. The zero-order valence-electron chi connectivity index (χ0n) is 24.2. The third-order valence-corrected chi connectivity index (χ3v) is 8.83. The summed E-state index contributed by atoms with van der Waals surface area (Å²) in [5, 5.41) is 0.368. The molecule has 0 unspecified atom stereocenters. The number of fused-ring (bicyclic) bond motifs is 1. The number of ether oxygens (including phenoxy) is 1. The highest BCUT2D eigenvalue weighted by atomic mass is 32.2. The topological polar surface area (TPSA) is 97.1 Å². The van der Waals surface area contributed by atoms with Gasteiger partial charge in [0.05, 0.1) is 41.8 Å². The second kappa shape index (κ2) is 13.0. The summed E-state index contributed by atoms with van der Waals surface area (Å²) in [6.07, 6.45) is 1.31. The minimum atomic E-state index is -4.08. The van der Waals surface area contributed by atoms with Crippen molar-refractivity contribution in [2.24, 2.45) is 0 Å². The normalized spacial score (nSPS) is 12.1. The van der Waals surface area contributed by atoms with Crippen LogP contribution in [0.3, 0.4) is 0 Å². The number of amides is 1. The van der Waals surface area contributed by atoms with Crippen molar-refractivity contribution >= 4 is 26.9 Å². The Kier molecular flexibility index (Phi) is 9.60. The van der Waals surface area contributed by atoms with Crippen molar-refractivity contribution in [1.29, 1.82) is 0 Å². The first-order valence-electron chi connectivity index (χ1n) is 13.5. The van der Waals surface area contributed by atoms with Crippen molar-refractivity contribution in [3.05, 3.63) is 112 Å². The number of methoxy groups -OCH3 is 1. The van der Waals surface area contributed by atoms with Gasteiger partial charge in [-0.2, -0.15) is 4.31 Å². The molecule has 1 heterocycles. The van der Waals surface area contributed by atoms with Gasteiger partial charge in [-0.1, -0.05) is 57.2 Å². The molecule has 8 nitrogen and oxygen atoms in total. The minimum Gasteiger partial charge on any atom is -0.464 e. The van der Waals surface area contributed by atoms with E-state index in [4.69, 9.17) is 9.15 Å². The van der Waals surface area contributed by atoms with Crippen molar-refractivity contribution in [2.75, 3.05) is 26.8 Å². The first-order valence-corrected chi connectivity index (χ1v) is 15.0. The smallest absolute Gasteiger partial charge is 0.243 e. The van der Waals surface area contributed by atoms with Gasteiger partial charge in [-0.05, 0) is 52.9 Å². The van der Waals surface area contributed by atoms with Crippen molar-refractivity contribution < 1.29 is 26.8 Å². The Labute approximate surface area is 245 Å². The largest absolute Gasteiger partial charge is 0.464 e. The SMILES string of the molecule is COCCN(CC(=O)N(Cc1ccc(F)cc1)Cc1coc2ccccc2c1=O)S(=O)(=O)c1ccc(C(C)(C)C)cc1. The van der Waals surface area contributed by atoms with Gasteiger partial charge in [-0.3, -0.25) is 9.59 Å². The molecule has 0 saturated heterocycles. The summed E-state index contributed by atoms with van der Waals surface area (Å²) in [7, 11) is -2.63. The highest BCUT2D eigenvalue weighted by Crippen LogP contribution is 2.25. The lowest BCUT2D eigenvalue weighted by atomic mass is 9.87. The summed E-state index contributed by atoms with van der Waals surface area (Å²) in [4.78, 5) is 28.4. The number of nitrogens with zero attached hydrogens (tertiary/aromatic N) is 2. The van der Waals surface area contributed by atoms with Gasteiger partial charge in [-0.15, -0.1) is 0 Å². The van der Waals surface area contributed by atoms with Crippen molar-refractivity contribution in [3.63, 3.8) is 0 Å². The van der Waals surface area contributed by atoms with E-state index in [2.05, 4.69) is 0 Å². The maximum atomic E-state index is 13.8. The van der Waals surface area contributed by atoms with E-state index < -0.39 is 28.3 Å². The molecule has 0 spiro atoms. The predicted molar refractivity (Wildman–Crippen MR) is 159 cm³/mol. The summed E-state index contributed by atoms with van der Waals surface area (Å²) in [5.41, 5.74) is 1.77. The molecule has 0 aliphatic heterocycles. The van der Waals surface area contributed by atoms with Crippen LogP contribution in [0.1, 0.15) is 37.5 Å². The molecule has 1 aromatic heterocycles. The molecule has 222 valence electrons. The molecule has 0 saturated carbocycles. The molecule has 10 heteroatoms. The second-order valence-corrected chi connectivity index (χ2v) is 13.0. The van der Waals surface area contributed by atoms with Gasteiger partial charge in [0, 0.05) is 20.2 Å². The van der Waals surface area contributed by atoms with E-state index in [1.54, 1.807) is 36.4 Å². The van der Waals surface area contributed by atoms with E-state index in [0.717, 1.165) is 9.87 Å². The van der Waals surface area contributed by atoms with Crippen LogP contribution in [-0.4, -0.2) is 50.3 Å². The summed E-state index contributed by atoms with van der Waals surface area (Å²) >= 11 is 0. The number of rotatable bonds is 11. The Morgan fingerprint density at radius 2 is 1.62 bits per heavy atom. The molecule has 4 rings (SSSR count). The van der Waals surface area contributed by atoms with Crippen LogP contribution in [0.4, 0.5) is 4.39 Å². The molecule has 0 N–H and O–H groups in total. The number of sulfonamides is 1. The number of hydrogen-bond acceptors (Lipinski definition) is 6. The summed E-state index contributed by atoms with van der Waals surface area (Å²) < 4.78 is 52.9. The fourth-order valence-electron chi connectivity index (χ4n) is 4.48. The van der Waals surface area contributed by atoms with Crippen molar-refractivity contribution in [3.8, 4) is 0 Å². The Bertz CT molecular complexity index is 1690. The standard InChI is InChI=1S/C32H35FN2O6S/c1-32(2,3)25-11-15-27(16-12-25)42(38,39)35(17-18-40-4)21-30(36)34(19-23-9-13-26(33)14-10-23)20-24-22-41-29-8-6-5-7-28(29)31(24)37/h5-16,22H,17-21H2,1-4H3. The van der Waals surface area contributed by atoms with E-state index >= 15 is 0 Å². The van der Waals surface area contributed by atoms with Gasteiger partial charge in [0.25, 0.3) is 0 Å². The molecule has 0 aliphatic rings. The van der Waals surface area contributed by atoms with E-state index in [-0.39, 0.29) is 47.5 Å². The third kappa shape index (κ3) is 7.31. The first-order chi connectivity index (χ1) is 19.9. The van der Waals surface area contributed by atoms with Crippen LogP contribution in [0, 0.1) is 5.82 Å². The predicted octanol–water partition coefficient (Wildman–Crippen LogP) is 5.10. The third-order valence-electron chi connectivity index (χ3n) is 6.97. The zero-order valence-corrected chi connectivity index (χ0v) is 25.0. The van der Waals surface area contributed by atoms with Gasteiger partial charge in [0.2, 0.25) is 15.9 Å². The van der Waals surface area contributed by atoms with E-state index in [9.17, 15) is 22.4 Å². The molecule has 1 amide bonds. The number of carbonyl (C=O) groups is 1. The summed E-state index contributed by atoms with van der Waals surface area (Å²) in [5.74, 6) is -0.973. The van der Waals surface area contributed by atoms with Crippen LogP contribution in [0.15, 0.2) is 93.2 Å². The molecule has 0 fully saturated rings. The van der Waals surface area contributed by atoms with Crippen LogP contribution in [0.2, 0.25) is 0 Å². The number of para-hydroxylation sites is 1. The summed E-state index contributed by atoms with van der Waals surface area (Å²) in [6, 6.07) is 19.0. The molecule has 0 radical (unpaired) electrons.